The van der Waals surface area contributed by atoms with Crippen molar-refractivity contribution in [2.75, 3.05) is 0 Å². The lowest BCUT2D eigenvalue weighted by atomic mass is 9.93. The molecular formula is C20H20O5. The van der Waals surface area contributed by atoms with Gasteiger partial charge in [-0.3, -0.25) is 4.79 Å². The van der Waals surface area contributed by atoms with E-state index in [1.165, 1.54) is 24.3 Å². The number of hydrogen-bond donors (Lipinski definition) is 3. The third kappa shape index (κ3) is 3.67. The number of aliphatic hydroxyl groups is 1. The Kier molecular flexibility index (Phi) is 4.27. The Morgan fingerprint density at radius 2 is 1.80 bits per heavy atom. The lowest BCUT2D eigenvalue weighted by Crippen LogP contribution is -2.21. The molecule has 0 aromatic heterocycles. The summed E-state index contributed by atoms with van der Waals surface area (Å²) in [5.41, 5.74) is 0.460. The first-order valence-electron chi connectivity index (χ1n) is 8.01. The van der Waals surface area contributed by atoms with Gasteiger partial charge in [0.2, 0.25) is 0 Å². The molecule has 0 amide bonds. The van der Waals surface area contributed by atoms with E-state index in [4.69, 9.17) is 4.74 Å². The normalized spacial score (nSPS) is 17.4. The van der Waals surface area contributed by atoms with E-state index >= 15 is 0 Å². The number of phenols is 2. The number of fused-ring (bicyclic) bond motifs is 1. The highest BCUT2D eigenvalue weighted by atomic mass is 16.5. The quantitative estimate of drug-likeness (QED) is 0.795. The number of Topliss-reactive ketones (excluding diaryl/α,β-unsaturated/α-hetero) is 1. The summed E-state index contributed by atoms with van der Waals surface area (Å²) in [6.07, 6.45) is 2.76. The Labute approximate surface area is 145 Å². The molecule has 0 bridgehead atoms. The molecule has 1 heterocycles. The zero-order valence-corrected chi connectivity index (χ0v) is 14.1. The number of phenolic OH excluding ortho intramolecular Hbond substituents is 2. The van der Waals surface area contributed by atoms with Gasteiger partial charge in [-0.1, -0.05) is 18.2 Å². The fourth-order valence-corrected chi connectivity index (χ4v) is 2.72. The molecule has 25 heavy (non-hydrogen) atoms. The molecule has 130 valence electrons. The average molecular weight is 340 g/mol. The molecule has 5 heteroatoms. The number of benzene rings is 2. The van der Waals surface area contributed by atoms with Crippen LogP contribution in [-0.2, 0) is 0 Å². The van der Waals surface area contributed by atoms with Gasteiger partial charge < -0.3 is 20.1 Å². The molecule has 2 aromatic rings. The maximum Gasteiger partial charge on any atom is 0.170 e. The van der Waals surface area contributed by atoms with Gasteiger partial charge in [0.1, 0.15) is 23.4 Å². The van der Waals surface area contributed by atoms with Gasteiger partial charge in [-0.15, -0.1) is 0 Å². The van der Waals surface area contributed by atoms with E-state index in [1.807, 2.05) is 0 Å². The topological polar surface area (TPSA) is 87.0 Å². The van der Waals surface area contributed by atoms with Crippen molar-refractivity contribution < 1.29 is 24.9 Å². The number of rotatable bonds is 3. The fraction of sp³-hybridized carbons (Fsp3) is 0.250. The Morgan fingerprint density at radius 3 is 2.44 bits per heavy atom. The molecule has 1 aliphatic rings. The zero-order valence-electron chi connectivity index (χ0n) is 14.1. The Morgan fingerprint density at radius 1 is 1.12 bits per heavy atom. The number of aromatic hydroxyl groups is 2. The number of ketones is 1. The van der Waals surface area contributed by atoms with Crippen LogP contribution in [0.5, 0.6) is 17.2 Å². The molecule has 0 aliphatic carbocycles. The van der Waals surface area contributed by atoms with Crippen LogP contribution in [0, 0.1) is 0 Å². The van der Waals surface area contributed by atoms with E-state index in [9.17, 15) is 20.1 Å². The van der Waals surface area contributed by atoms with Gasteiger partial charge in [0.05, 0.1) is 23.1 Å². The molecule has 2 aromatic carbocycles. The van der Waals surface area contributed by atoms with Crippen LogP contribution in [-0.4, -0.2) is 26.7 Å². The van der Waals surface area contributed by atoms with Gasteiger partial charge in [0, 0.05) is 0 Å². The first-order chi connectivity index (χ1) is 11.7. The van der Waals surface area contributed by atoms with Crippen molar-refractivity contribution in [1.82, 2.24) is 0 Å². The van der Waals surface area contributed by atoms with Crippen LogP contribution in [0.15, 0.2) is 42.5 Å². The van der Waals surface area contributed by atoms with Crippen LogP contribution in [0.3, 0.4) is 0 Å². The minimum absolute atomic E-state index is 0.0293. The molecular weight excluding hydrogens is 320 g/mol. The van der Waals surface area contributed by atoms with Crippen LogP contribution in [0.25, 0.3) is 6.08 Å². The summed E-state index contributed by atoms with van der Waals surface area (Å²) in [7, 11) is 0. The largest absolute Gasteiger partial charge is 0.508 e. The highest BCUT2D eigenvalue weighted by Gasteiger charge is 2.30. The molecule has 0 saturated carbocycles. The van der Waals surface area contributed by atoms with Crippen LogP contribution >= 0.6 is 0 Å². The van der Waals surface area contributed by atoms with Gasteiger partial charge in [-0.2, -0.15) is 0 Å². The Bertz CT molecular complexity index is 828. The van der Waals surface area contributed by atoms with Crippen molar-refractivity contribution in [3.63, 3.8) is 0 Å². The number of carbonyl (C=O) groups excluding carboxylic acids is 1. The van der Waals surface area contributed by atoms with Gasteiger partial charge in [-0.05, 0) is 49.8 Å². The monoisotopic (exact) mass is 340 g/mol. The minimum Gasteiger partial charge on any atom is -0.508 e. The summed E-state index contributed by atoms with van der Waals surface area (Å²) in [5.74, 6) is 0.322. The predicted molar refractivity (Wildman–Crippen MR) is 93.9 cm³/mol. The van der Waals surface area contributed by atoms with Crippen molar-refractivity contribution in [2.45, 2.75) is 32.0 Å². The second-order valence-corrected chi connectivity index (χ2v) is 6.69. The van der Waals surface area contributed by atoms with Crippen molar-refractivity contribution in [2.24, 2.45) is 0 Å². The Balaban J connectivity index is 2.03. The third-order valence-electron chi connectivity index (χ3n) is 4.03. The van der Waals surface area contributed by atoms with Gasteiger partial charge in [0.15, 0.2) is 5.78 Å². The molecule has 0 saturated heterocycles. The van der Waals surface area contributed by atoms with Gasteiger partial charge in [-0.25, -0.2) is 0 Å². The lowest BCUT2D eigenvalue weighted by molar-refractivity contribution is 0.0849. The maximum atomic E-state index is 12.5. The standard InChI is InChI=1S/C20H20O5/c1-20(2,24)10-9-15-16(22)8-7-14-17(23)11-18(25-19(14)15)12-3-5-13(21)6-4-12/h3-10,18,21-22,24H,11H2,1-2H3. The number of hydrogen-bond acceptors (Lipinski definition) is 5. The molecule has 3 rings (SSSR count). The van der Waals surface area contributed by atoms with Crippen LogP contribution in [0.1, 0.15) is 47.9 Å². The first kappa shape index (κ1) is 17.0. The fourth-order valence-electron chi connectivity index (χ4n) is 2.72. The maximum absolute atomic E-state index is 12.5. The van der Waals surface area contributed by atoms with Crippen molar-refractivity contribution >= 4 is 11.9 Å². The third-order valence-corrected chi connectivity index (χ3v) is 4.03. The van der Waals surface area contributed by atoms with E-state index < -0.39 is 11.7 Å². The molecule has 5 nitrogen and oxygen atoms in total. The summed E-state index contributed by atoms with van der Waals surface area (Å²) in [5, 5.41) is 29.5. The predicted octanol–water partition coefficient (Wildman–Crippen LogP) is 3.59. The van der Waals surface area contributed by atoms with Crippen molar-refractivity contribution in [1.29, 1.82) is 0 Å². The molecule has 0 fully saturated rings. The molecule has 3 N–H and O–H groups in total. The molecule has 0 radical (unpaired) electrons. The summed E-state index contributed by atoms with van der Waals surface area (Å²) in [4.78, 5) is 12.5. The van der Waals surface area contributed by atoms with Crippen LogP contribution < -0.4 is 4.74 Å². The smallest absolute Gasteiger partial charge is 0.170 e. The highest BCUT2D eigenvalue weighted by molar-refractivity contribution is 6.01. The zero-order chi connectivity index (χ0) is 18.2. The Hall–Kier alpha value is -2.79. The van der Waals surface area contributed by atoms with Crippen molar-refractivity contribution in [3.8, 4) is 17.2 Å². The molecule has 1 unspecified atom stereocenters. The highest BCUT2D eigenvalue weighted by Crippen LogP contribution is 2.41. The lowest BCUT2D eigenvalue weighted by Gasteiger charge is -2.27. The molecule has 0 spiro atoms. The summed E-state index contributed by atoms with van der Waals surface area (Å²) < 4.78 is 6.01. The van der Waals surface area contributed by atoms with E-state index in [0.717, 1.165) is 5.56 Å². The van der Waals surface area contributed by atoms with E-state index in [0.29, 0.717) is 16.9 Å². The average Bonchev–Trinajstić information content (AvgIpc) is 2.53. The van der Waals surface area contributed by atoms with Crippen LogP contribution in [0.2, 0.25) is 0 Å². The summed E-state index contributed by atoms with van der Waals surface area (Å²) in [6.45, 7) is 3.22. The van der Waals surface area contributed by atoms with Crippen molar-refractivity contribution in [3.05, 3.63) is 59.2 Å². The first-order valence-corrected chi connectivity index (χ1v) is 8.01. The van der Waals surface area contributed by atoms with Gasteiger partial charge >= 0.3 is 0 Å². The second kappa shape index (κ2) is 6.26. The van der Waals surface area contributed by atoms with E-state index in [2.05, 4.69) is 0 Å². The number of ether oxygens (including phenoxy) is 1. The number of carbonyl (C=O) groups is 1. The minimum atomic E-state index is -1.07. The van der Waals surface area contributed by atoms with Gasteiger partial charge in [0.25, 0.3) is 0 Å². The molecule has 1 aliphatic heterocycles. The second-order valence-electron chi connectivity index (χ2n) is 6.69. The van der Waals surface area contributed by atoms with Crippen LogP contribution in [0.4, 0.5) is 0 Å². The van der Waals surface area contributed by atoms with E-state index in [1.54, 1.807) is 38.1 Å². The summed E-state index contributed by atoms with van der Waals surface area (Å²) in [6, 6.07) is 9.47. The SMILES string of the molecule is CC(C)(O)C=Cc1c(O)ccc2c1OC(c1ccc(O)cc1)CC2=O. The molecule has 1 atom stereocenters. The summed E-state index contributed by atoms with van der Waals surface area (Å²) >= 11 is 0. The van der Waals surface area contributed by atoms with E-state index in [-0.39, 0.29) is 23.7 Å².